The fourth-order valence-corrected chi connectivity index (χ4v) is 2.81. The molecule has 2 rings (SSSR count). The molecule has 2 aromatic rings. The van der Waals surface area contributed by atoms with Crippen LogP contribution in [0.15, 0.2) is 85.0 Å². The number of hydrogen-bond acceptors (Lipinski definition) is 2. The maximum absolute atomic E-state index is 12.6. The van der Waals surface area contributed by atoms with E-state index in [2.05, 4.69) is 23.8 Å². The highest BCUT2D eigenvalue weighted by Gasteiger charge is 2.14. The monoisotopic (exact) mass is 374 g/mol. The van der Waals surface area contributed by atoms with Crippen LogP contribution in [0.1, 0.15) is 29.8 Å². The molecule has 0 atom stereocenters. The van der Waals surface area contributed by atoms with Gasteiger partial charge in [-0.25, -0.2) is 0 Å². The van der Waals surface area contributed by atoms with E-state index in [1.165, 1.54) is 6.08 Å². The van der Waals surface area contributed by atoms with E-state index in [0.717, 1.165) is 16.8 Å². The Balaban J connectivity index is 2.13. The Labute approximate surface area is 166 Å². The van der Waals surface area contributed by atoms with Crippen molar-refractivity contribution in [1.82, 2.24) is 0 Å². The number of benzene rings is 2. The third-order valence-corrected chi connectivity index (χ3v) is 4.40. The second kappa shape index (κ2) is 9.51. The molecule has 4 heteroatoms. The van der Waals surface area contributed by atoms with Crippen molar-refractivity contribution >= 4 is 23.2 Å². The number of para-hydroxylation sites is 1. The predicted octanol–water partition coefficient (Wildman–Crippen LogP) is 5.51. The van der Waals surface area contributed by atoms with Gasteiger partial charge in [0.15, 0.2) is 0 Å². The molecule has 28 heavy (non-hydrogen) atoms. The molecular formula is C24H26N2O2. The minimum absolute atomic E-state index is 0.156. The maximum atomic E-state index is 12.6. The Kier molecular flexibility index (Phi) is 7.10. The molecule has 0 aromatic heterocycles. The highest BCUT2D eigenvalue weighted by atomic mass is 16.2. The lowest BCUT2D eigenvalue weighted by Crippen LogP contribution is -2.16. The van der Waals surface area contributed by atoms with Gasteiger partial charge in [0.25, 0.3) is 11.8 Å². The summed E-state index contributed by atoms with van der Waals surface area (Å²) in [7, 11) is 0. The number of rotatable bonds is 7. The number of carbonyl (C=O) groups is 2. The zero-order valence-electron chi connectivity index (χ0n) is 16.6. The lowest BCUT2D eigenvalue weighted by Gasteiger charge is -2.13. The topological polar surface area (TPSA) is 58.2 Å². The Bertz CT molecular complexity index is 922. The summed E-state index contributed by atoms with van der Waals surface area (Å²) in [6.07, 6.45) is 3.22. The Morgan fingerprint density at radius 3 is 2.11 bits per heavy atom. The zero-order valence-corrected chi connectivity index (χ0v) is 16.6. The van der Waals surface area contributed by atoms with Crippen molar-refractivity contribution in [3.8, 4) is 0 Å². The Hall–Kier alpha value is -3.40. The molecule has 2 amide bonds. The summed E-state index contributed by atoms with van der Waals surface area (Å²) >= 11 is 0. The average Bonchev–Trinajstić information content (AvgIpc) is 2.67. The van der Waals surface area contributed by atoms with E-state index >= 15 is 0 Å². The minimum Gasteiger partial charge on any atom is -0.322 e. The van der Waals surface area contributed by atoms with Crippen molar-refractivity contribution in [2.75, 3.05) is 10.6 Å². The summed E-state index contributed by atoms with van der Waals surface area (Å²) in [6.45, 7) is 13.5. The molecule has 0 radical (unpaired) electrons. The van der Waals surface area contributed by atoms with Gasteiger partial charge in [0.1, 0.15) is 0 Å². The van der Waals surface area contributed by atoms with Gasteiger partial charge in [-0.2, -0.15) is 0 Å². The second-order valence-electron chi connectivity index (χ2n) is 6.73. The van der Waals surface area contributed by atoms with E-state index < -0.39 is 0 Å². The van der Waals surface area contributed by atoms with Gasteiger partial charge in [-0.1, -0.05) is 57.4 Å². The van der Waals surface area contributed by atoms with E-state index in [1.54, 1.807) is 30.3 Å². The molecule has 0 aliphatic heterocycles. The first-order valence-electron chi connectivity index (χ1n) is 9.14. The summed E-state index contributed by atoms with van der Waals surface area (Å²) < 4.78 is 0. The molecule has 0 unspecified atom stereocenters. The van der Waals surface area contributed by atoms with Gasteiger partial charge in [0.2, 0.25) is 0 Å². The van der Waals surface area contributed by atoms with Crippen molar-refractivity contribution in [2.45, 2.75) is 20.8 Å². The van der Waals surface area contributed by atoms with Crippen LogP contribution in [0.2, 0.25) is 0 Å². The van der Waals surface area contributed by atoms with E-state index in [0.29, 0.717) is 16.8 Å². The molecule has 0 aliphatic rings. The van der Waals surface area contributed by atoms with E-state index in [-0.39, 0.29) is 17.7 Å². The Morgan fingerprint density at radius 2 is 1.57 bits per heavy atom. The van der Waals surface area contributed by atoms with Crippen LogP contribution in [0, 0.1) is 12.8 Å². The maximum Gasteiger partial charge on any atom is 0.255 e. The van der Waals surface area contributed by atoms with Crippen molar-refractivity contribution in [1.29, 1.82) is 0 Å². The van der Waals surface area contributed by atoms with Crippen LogP contribution >= 0.6 is 0 Å². The van der Waals surface area contributed by atoms with Gasteiger partial charge in [-0.3, -0.25) is 9.59 Å². The zero-order chi connectivity index (χ0) is 20.7. The SMILES string of the molecule is C=C/C(C(=O)Nc1ccc(C(=O)Nc2ccccc2C)cc1)=C(\C=C)C(C)C. The Morgan fingerprint density at radius 1 is 0.929 bits per heavy atom. The van der Waals surface area contributed by atoms with Crippen LogP contribution < -0.4 is 10.6 Å². The van der Waals surface area contributed by atoms with Gasteiger partial charge < -0.3 is 10.6 Å². The smallest absolute Gasteiger partial charge is 0.255 e. The van der Waals surface area contributed by atoms with Crippen LogP contribution in [-0.2, 0) is 4.79 Å². The van der Waals surface area contributed by atoms with Crippen molar-refractivity contribution in [2.24, 2.45) is 5.92 Å². The molecule has 2 aromatic carbocycles. The molecule has 0 heterocycles. The first-order chi connectivity index (χ1) is 13.4. The fraction of sp³-hybridized carbons (Fsp3) is 0.167. The number of aryl methyl sites for hydroxylation is 1. The van der Waals surface area contributed by atoms with Crippen molar-refractivity contribution in [3.05, 3.63) is 96.1 Å². The highest BCUT2D eigenvalue weighted by molar-refractivity contribution is 6.07. The van der Waals surface area contributed by atoms with Gasteiger partial charge in [0.05, 0.1) is 0 Å². The van der Waals surface area contributed by atoms with Gasteiger partial charge in [-0.05, 0) is 54.3 Å². The first kappa shape index (κ1) is 20.9. The summed E-state index contributed by atoms with van der Waals surface area (Å²) in [4.78, 5) is 25.0. The van der Waals surface area contributed by atoms with E-state index in [4.69, 9.17) is 0 Å². The predicted molar refractivity (Wildman–Crippen MR) is 116 cm³/mol. The number of anilines is 2. The molecule has 0 fully saturated rings. The number of allylic oxidation sites excluding steroid dienone is 2. The quantitative estimate of drug-likeness (QED) is 0.496. The molecule has 0 bridgehead atoms. The van der Waals surface area contributed by atoms with Crippen LogP contribution in [0.25, 0.3) is 0 Å². The molecule has 144 valence electrons. The largest absolute Gasteiger partial charge is 0.322 e. The summed E-state index contributed by atoms with van der Waals surface area (Å²) in [5, 5.41) is 5.73. The van der Waals surface area contributed by atoms with Crippen LogP contribution in [0.4, 0.5) is 11.4 Å². The standard InChI is InChI=1S/C24H26N2O2/c1-6-20(16(3)4)21(7-2)24(28)25-19-14-12-18(13-15-19)23(27)26-22-11-9-8-10-17(22)5/h6-16H,1-2H2,3-5H3,(H,25,28)(H,26,27)/b21-20-. The molecule has 0 saturated heterocycles. The number of hydrogen-bond donors (Lipinski definition) is 2. The molecular weight excluding hydrogens is 348 g/mol. The summed E-state index contributed by atoms with van der Waals surface area (Å²) in [5.41, 5.74) is 4.20. The van der Waals surface area contributed by atoms with Gasteiger partial charge in [-0.15, -0.1) is 0 Å². The lowest BCUT2D eigenvalue weighted by atomic mass is 9.96. The molecule has 0 aliphatic carbocycles. The first-order valence-corrected chi connectivity index (χ1v) is 9.14. The minimum atomic E-state index is -0.254. The van der Waals surface area contributed by atoms with Crippen molar-refractivity contribution in [3.63, 3.8) is 0 Å². The number of amides is 2. The molecule has 0 saturated carbocycles. The van der Waals surface area contributed by atoms with Crippen LogP contribution in [0.3, 0.4) is 0 Å². The number of carbonyl (C=O) groups excluding carboxylic acids is 2. The van der Waals surface area contributed by atoms with Crippen LogP contribution in [-0.4, -0.2) is 11.8 Å². The normalized spacial score (nSPS) is 11.4. The fourth-order valence-electron chi connectivity index (χ4n) is 2.81. The van der Waals surface area contributed by atoms with Gasteiger partial charge >= 0.3 is 0 Å². The van der Waals surface area contributed by atoms with E-state index in [9.17, 15) is 9.59 Å². The molecule has 2 N–H and O–H groups in total. The van der Waals surface area contributed by atoms with E-state index in [1.807, 2.05) is 45.0 Å². The second-order valence-corrected chi connectivity index (χ2v) is 6.73. The lowest BCUT2D eigenvalue weighted by molar-refractivity contribution is -0.112. The highest BCUT2D eigenvalue weighted by Crippen LogP contribution is 2.20. The van der Waals surface area contributed by atoms with Crippen LogP contribution in [0.5, 0.6) is 0 Å². The third-order valence-electron chi connectivity index (χ3n) is 4.40. The average molecular weight is 374 g/mol. The molecule has 4 nitrogen and oxygen atoms in total. The summed E-state index contributed by atoms with van der Waals surface area (Å²) in [5.74, 6) is -0.299. The van der Waals surface area contributed by atoms with Crippen molar-refractivity contribution < 1.29 is 9.59 Å². The number of nitrogens with one attached hydrogen (secondary N) is 2. The third kappa shape index (κ3) is 5.07. The molecule has 0 spiro atoms. The van der Waals surface area contributed by atoms with Gasteiger partial charge in [0, 0.05) is 22.5 Å². The summed E-state index contributed by atoms with van der Waals surface area (Å²) in [6, 6.07) is 14.4.